The lowest BCUT2D eigenvalue weighted by atomic mass is 10.3. The number of benzene rings is 2. The molecule has 0 aromatic heterocycles. The van der Waals surface area contributed by atoms with Crippen LogP contribution >= 0.6 is 0 Å². The monoisotopic (exact) mass is 256 g/mol. The van der Waals surface area contributed by atoms with E-state index in [1.807, 2.05) is 60.7 Å². The molecule has 2 aromatic carbocycles. The average molecular weight is 256 g/mol. The molecule has 0 aliphatic carbocycles. The number of ketones is 1. The van der Waals surface area contributed by atoms with Gasteiger partial charge in [0.1, 0.15) is 18.1 Å². The molecule has 98 valence electrons. The Kier molecular flexibility index (Phi) is 4.99. The van der Waals surface area contributed by atoms with Gasteiger partial charge in [0.25, 0.3) is 0 Å². The standard InChI is InChI=1S/C16H16O3/c17-14(13-19-16-9-5-2-6-10-16)11-12-18-15-7-3-1-4-8-15/h1-10H,11-13H2. The summed E-state index contributed by atoms with van der Waals surface area (Å²) in [6.07, 6.45) is 0.349. The zero-order valence-corrected chi connectivity index (χ0v) is 10.6. The van der Waals surface area contributed by atoms with Crippen molar-refractivity contribution in [2.45, 2.75) is 6.42 Å². The van der Waals surface area contributed by atoms with E-state index in [-0.39, 0.29) is 12.4 Å². The number of Topliss-reactive ketones (excluding diaryl/α,β-unsaturated/α-hetero) is 1. The molecule has 0 amide bonds. The molecule has 0 heterocycles. The maximum absolute atomic E-state index is 11.6. The molecule has 19 heavy (non-hydrogen) atoms. The van der Waals surface area contributed by atoms with Crippen molar-refractivity contribution in [3.05, 3.63) is 60.7 Å². The third-order valence-corrected chi connectivity index (χ3v) is 2.54. The van der Waals surface area contributed by atoms with Gasteiger partial charge < -0.3 is 9.47 Å². The van der Waals surface area contributed by atoms with Crippen LogP contribution < -0.4 is 9.47 Å². The zero-order valence-electron chi connectivity index (χ0n) is 10.6. The second kappa shape index (κ2) is 7.21. The van der Waals surface area contributed by atoms with Gasteiger partial charge in [-0.15, -0.1) is 0 Å². The van der Waals surface area contributed by atoms with Gasteiger partial charge in [-0.3, -0.25) is 4.79 Å². The number of hydrogen-bond acceptors (Lipinski definition) is 3. The van der Waals surface area contributed by atoms with Crippen molar-refractivity contribution >= 4 is 5.78 Å². The van der Waals surface area contributed by atoms with Crippen molar-refractivity contribution in [2.24, 2.45) is 0 Å². The Morgan fingerprint density at radius 1 is 0.789 bits per heavy atom. The van der Waals surface area contributed by atoms with E-state index in [9.17, 15) is 4.79 Å². The van der Waals surface area contributed by atoms with Gasteiger partial charge in [-0.05, 0) is 24.3 Å². The molecule has 0 aliphatic heterocycles. The molecule has 0 radical (unpaired) electrons. The molecule has 0 unspecified atom stereocenters. The molecule has 0 spiro atoms. The molecule has 0 bridgehead atoms. The highest BCUT2D eigenvalue weighted by atomic mass is 16.5. The lowest BCUT2D eigenvalue weighted by Gasteiger charge is -2.06. The number of hydrogen-bond donors (Lipinski definition) is 0. The van der Waals surface area contributed by atoms with Gasteiger partial charge in [0.05, 0.1) is 6.61 Å². The van der Waals surface area contributed by atoms with E-state index in [4.69, 9.17) is 9.47 Å². The Labute approximate surface area is 112 Å². The van der Waals surface area contributed by atoms with Crippen LogP contribution in [-0.2, 0) is 4.79 Å². The predicted molar refractivity (Wildman–Crippen MR) is 73.5 cm³/mol. The Morgan fingerprint density at radius 2 is 1.32 bits per heavy atom. The molecule has 3 heteroatoms. The predicted octanol–water partition coefficient (Wildman–Crippen LogP) is 3.10. The van der Waals surface area contributed by atoms with Gasteiger partial charge in [-0.2, -0.15) is 0 Å². The molecule has 0 saturated heterocycles. The number of carbonyl (C=O) groups excluding carboxylic acids is 1. The minimum Gasteiger partial charge on any atom is -0.493 e. The van der Waals surface area contributed by atoms with Gasteiger partial charge >= 0.3 is 0 Å². The van der Waals surface area contributed by atoms with Crippen LogP contribution in [0.25, 0.3) is 0 Å². The first kappa shape index (κ1) is 13.1. The van der Waals surface area contributed by atoms with E-state index < -0.39 is 0 Å². The largest absolute Gasteiger partial charge is 0.493 e. The number of carbonyl (C=O) groups is 1. The maximum Gasteiger partial charge on any atom is 0.173 e. The fourth-order valence-electron chi connectivity index (χ4n) is 1.55. The molecule has 0 aliphatic rings. The van der Waals surface area contributed by atoms with Crippen molar-refractivity contribution in [1.29, 1.82) is 0 Å². The third kappa shape index (κ3) is 4.84. The highest BCUT2D eigenvalue weighted by Gasteiger charge is 2.03. The number of rotatable bonds is 7. The van der Waals surface area contributed by atoms with Gasteiger partial charge in [0.15, 0.2) is 5.78 Å². The number of ether oxygens (including phenoxy) is 2. The Morgan fingerprint density at radius 3 is 1.89 bits per heavy atom. The summed E-state index contributed by atoms with van der Waals surface area (Å²) in [4.78, 5) is 11.6. The Balaban J connectivity index is 1.65. The van der Waals surface area contributed by atoms with Gasteiger partial charge in [-0.1, -0.05) is 36.4 Å². The normalized spacial score (nSPS) is 9.89. The van der Waals surface area contributed by atoms with Crippen molar-refractivity contribution in [3.8, 4) is 11.5 Å². The molecule has 0 saturated carbocycles. The summed E-state index contributed by atoms with van der Waals surface area (Å²) in [7, 11) is 0. The molecular weight excluding hydrogens is 240 g/mol. The van der Waals surface area contributed by atoms with Crippen molar-refractivity contribution in [1.82, 2.24) is 0 Å². The molecule has 2 rings (SSSR count). The van der Waals surface area contributed by atoms with Crippen LogP contribution in [0.1, 0.15) is 6.42 Å². The summed E-state index contributed by atoms with van der Waals surface area (Å²) >= 11 is 0. The molecule has 0 fully saturated rings. The molecular formula is C16H16O3. The smallest absolute Gasteiger partial charge is 0.173 e. The second-order valence-corrected chi connectivity index (χ2v) is 4.05. The van der Waals surface area contributed by atoms with Crippen molar-refractivity contribution in [3.63, 3.8) is 0 Å². The van der Waals surface area contributed by atoms with Crippen LogP contribution in [0.4, 0.5) is 0 Å². The van der Waals surface area contributed by atoms with Crippen LogP contribution in [0.5, 0.6) is 11.5 Å². The third-order valence-electron chi connectivity index (χ3n) is 2.54. The molecule has 0 N–H and O–H groups in total. The highest BCUT2D eigenvalue weighted by molar-refractivity contribution is 5.80. The van der Waals surface area contributed by atoms with E-state index in [0.717, 1.165) is 5.75 Å². The maximum atomic E-state index is 11.6. The van der Waals surface area contributed by atoms with Gasteiger partial charge in [0, 0.05) is 6.42 Å². The highest BCUT2D eigenvalue weighted by Crippen LogP contribution is 2.10. The summed E-state index contributed by atoms with van der Waals surface area (Å²) < 4.78 is 10.8. The fraction of sp³-hybridized carbons (Fsp3) is 0.188. The minimum absolute atomic E-state index is 0.0276. The first-order valence-electron chi connectivity index (χ1n) is 6.22. The van der Waals surface area contributed by atoms with Crippen LogP contribution in [0.2, 0.25) is 0 Å². The first-order valence-corrected chi connectivity index (χ1v) is 6.22. The average Bonchev–Trinajstić information content (AvgIpc) is 2.47. The van der Waals surface area contributed by atoms with Crippen molar-refractivity contribution in [2.75, 3.05) is 13.2 Å². The molecule has 3 nitrogen and oxygen atoms in total. The summed E-state index contributed by atoms with van der Waals surface area (Å²) in [5, 5.41) is 0. The quantitative estimate of drug-likeness (QED) is 0.763. The van der Waals surface area contributed by atoms with Gasteiger partial charge in [-0.25, -0.2) is 0 Å². The first-order chi connectivity index (χ1) is 9.34. The van der Waals surface area contributed by atoms with Crippen molar-refractivity contribution < 1.29 is 14.3 Å². The fourth-order valence-corrected chi connectivity index (χ4v) is 1.55. The zero-order chi connectivity index (χ0) is 13.3. The topological polar surface area (TPSA) is 35.5 Å². The Bertz CT molecular complexity index is 494. The van der Waals surface area contributed by atoms with Crippen LogP contribution in [0.15, 0.2) is 60.7 Å². The summed E-state index contributed by atoms with van der Waals surface area (Å²) in [5.74, 6) is 1.51. The van der Waals surface area contributed by atoms with E-state index in [0.29, 0.717) is 18.8 Å². The van der Waals surface area contributed by atoms with E-state index in [2.05, 4.69) is 0 Å². The Hall–Kier alpha value is -2.29. The lowest BCUT2D eigenvalue weighted by molar-refractivity contribution is -0.121. The lowest BCUT2D eigenvalue weighted by Crippen LogP contribution is -2.14. The van der Waals surface area contributed by atoms with Crippen LogP contribution in [0.3, 0.4) is 0 Å². The molecule has 2 aromatic rings. The summed E-state index contributed by atoms with van der Waals surface area (Å²) in [6.45, 7) is 0.461. The van der Waals surface area contributed by atoms with E-state index in [1.54, 1.807) is 0 Å². The van der Waals surface area contributed by atoms with Crippen LogP contribution in [0, 0.1) is 0 Å². The summed E-state index contributed by atoms with van der Waals surface area (Å²) in [5.41, 5.74) is 0. The number of para-hydroxylation sites is 2. The second-order valence-electron chi connectivity index (χ2n) is 4.05. The SMILES string of the molecule is O=C(CCOc1ccccc1)COc1ccccc1. The molecule has 0 atom stereocenters. The van der Waals surface area contributed by atoms with Gasteiger partial charge in [0.2, 0.25) is 0 Å². The summed E-state index contributed by atoms with van der Waals surface area (Å²) in [6, 6.07) is 18.8. The van der Waals surface area contributed by atoms with Crippen LogP contribution in [-0.4, -0.2) is 19.0 Å². The van der Waals surface area contributed by atoms with E-state index in [1.165, 1.54) is 0 Å². The van der Waals surface area contributed by atoms with E-state index >= 15 is 0 Å². The minimum atomic E-state index is 0.0276.